The summed E-state index contributed by atoms with van der Waals surface area (Å²) in [4.78, 5) is 35.8. The Morgan fingerprint density at radius 2 is 1.12 bits per heavy atom. The van der Waals surface area contributed by atoms with Crippen LogP contribution in [-0.2, 0) is 19.6 Å². The highest BCUT2D eigenvalue weighted by atomic mass is 32.2. The molecule has 6 nitrogen and oxygen atoms in total. The molecule has 1 heterocycles. The minimum absolute atomic E-state index is 0.0478. The lowest BCUT2D eigenvalue weighted by Gasteiger charge is -2.10. The molecule has 0 unspecified atom stereocenters. The molecule has 0 bridgehead atoms. The molecule has 1 rings (SSSR count). The second-order valence-electron chi connectivity index (χ2n) is 4.81. The number of thiol groups is 2. The monoisotopic (exact) mass is 371 g/mol. The van der Waals surface area contributed by atoms with Crippen LogP contribution >= 0.6 is 25.3 Å². The molecule has 0 aliphatic rings. The summed E-state index contributed by atoms with van der Waals surface area (Å²) in [7, 11) is 0. The Kier molecular flexibility index (Phi) is 11.0. The van der Waals surface area contributed by atoms with E-state index in [4.69, 9.17) is 0 Å². The Morgan fingerprint density at radius 3 is 1.25 bits per heavy atom. The van der Waals surface area contributed by atoms with Crippen LogP contribution < -0.4 is 17.1 Å². The van der Waals surface area contributed by atoms with Crippen molar-refractivity contribution in [3.05, 3.63) is 69.4 Å². The number of nitrogens with zero attached hydrogens (tertiary/aromatic N) is 3. The van der Waals surface area contributed by atoms with Crippen LogP contribution in [0.2, 0.25) is 0 Å². The van der Waals surface area contributed by atoms with Crippen molar-refractivity contribution in [1.29, 1.82) is 0 Å². The van der Waals surface area contributed by atoms with Gasteiger partial charge in [-0.1, -0.05) is 31.6 Å². The Morgan fingerprint density at radius 1 is 0.833 bits per heavy atom. The van der Waals surface area contributed by atoms with E-state index < -0.39 is 17.1 Å². The van der Waals surface area contributed by atoms with E-state index in [2.05, 4.69) is 51.9 Å². The van der Waals surface area contributed by atoms with Crippen molar-refractivity contribution in [2.45, 2.75) is 44.0 Å². The normalized spacial score (nSPS) is 10.0. The van der Waals surface area contributed by atoms with Crippen molar-refractivity contribution in [3.63, 3.8) is 0 Å². The molecule has 0 aliphatic carbocycles. The van der Waals surface area contributed by atoms with Gasteiger partial charge in [0.15, 0.2) is 0 Å². The highest BCUT2D eigenvalue weighted by molar-refractivity contribution is 7.99. The number of allylic oxidation sites excluding steroid dienone is 3. The van der Waals surface area contributed by atoms with Gasteiger partial charge in [0.25, 0.3) is 0 Å². The van der Waals surface area contributed by atoms with E-state index in [1.165, 1.54) is 24.6 Å². The van der Waals surface area contributed by atoms with Gasteiger partial charge in [-0.25, -0.2) is 28.1 Å². The molecule has 0 fully saturated rings. The second-order valence-corrected chi connectivity index (χ2v) is 6.47. The number of rotatable bonds is 8. The van der Waals surface area contributed by atoms with Gasteiger partial charge >= 0.3 is 17.1 Å². The van der Waals surface area contributed by atoms with E-state index in [0.29, 0.717) is 0 Å². The largest absolute Gasteiger partial charge is 0.336 e. The fraction of sp³-hybridized carbons (Fsp3) is 0.438. The van der Waals surface area contributed by atoms with Crippen molar-refractivity contribution in [3.8, 4) is 0 Å². The quantitative estimate of drug-likeness (QED) is 0.415. The molecule has 0 atom stereocenters. The Hall–Kier alpha value is -1.67. The minimum Gasteiger partial charge on any atom is -0.247 e. The van der Waals surface area contributed by atoms with Gasteiger partial charge < -0.3 is 0 Å². The van der Waals surface area contributed by atoms with Crippen molar-refractivity contribution < 1.29 is 0 Å². The summed E-state index contributed by atoms with van der Waals surface area (Å²) >= 11 is 8.08. The van der Waals surface area contributed by atoms with Gasteiger partial charge in [0, 0.05) is 4.58 Å². The summed E-state index contributed by atoms with van der Waals surface area (Å²) < 4.78 is 3.12. The molecular formula is C16H25N3O3S2. The average Bonchev–Trinajstić information content (AvgIpc) is 2.53. The van der Waals surface area contributed by atoms with Crippen LogP contribution in [0.1, 0.15) is 19.8 Å². The van der Waals surface area contributed by atoms with Crippen LogP contribution in [0.5, 0.6) is 0 Å². The predicted molar refractivity (Wildman–Crippen MR) is 106 cm³/mol. The van der Waals surface area contributed by atoms with Crippen LogP contribution in [0.25, 0.3) is 0 Å². The van der Waals surface area contributed by atoms with E-state index in [1.54, 1.807) is 0 Å². The lowest BCUT2D eigenvalue weighted by atomic mass is 10.4. The van der Waals surface area contributed by atoms with Gasteiger partial charge in [0.2, 0.25) is 0 Å². The zero-order chi connectivity index (χ0) is 18.7. The fourth-order valence-electron chi connectivity index (χ4n) is 1.80. The van der Waals surface area contributed by atoms with Crippen molar-refractivity contribution in [2.75, 3.05) is 0 Å². The Bertz CT molecular complexity index is 609. The fourth-order valence-corrected chi connectivity index (χ4v) is 2.31. The average molecular weight is 372 g/mol. The molecule has 0 aliphatic heterocycles. The molecule has 0 aromatic carbocycles. The molecule has 0 spiro atoms. The molecule has 0 N–H and O–H groups in total. The number of hydrogen-bond donors (Lipinski definition) is 2. The van der Waals surface area contributed by atoms with Gasteiger partial charge in [0.1, 0.15) is 0 Å². The lowest BCUT2D eigenvalue weighted by molar-refractivity contribution is 0.502. The molecule has 134 valence electrons. The third-order valence-electron chi connectivity index (χ3n) is 2.87. The van der Waals surface area contributed by atoms with Crippen molar-refractivity contribution in [1.82, 2.24) is 13.7 Å². The first-order chi connectivity index (χ1) is 11.3. The molecule has 8 heteroatoms. The van der Waals surface area contributed by atoms with Crippen LogP contribution in [0.15, 0.2) is 52.3 Å². The first kappa shape index (κ1) is 22.3. The molecule has 0 saturated heterocycles. The van der Waals surface area contributed by atoms with Crippen LogP contribution in [0.3, 0.4) is 0 Å². The second kappa shape index (κ2) is 11.8. The zero-order valence-electron chi connectivity index (χ0n) is 13.9. The maximum absolute atomic E-state index is 11.9. The highest BCUT2D eigenvalue weighted by Gasteiger charge is 2.12. The first-order valence-corrected chi connectivity index (χ1v) is 8.52. The predicted octanol–water partition coefficient (Wildman–Crippen LogP) is 1.70. The molecule has 1 aromatic rings. The summed E-state index contributed by atoms with van der Waals surface area (Å²) in [6.45, 7) is 12.7. The summed E-state index contributed by atoms with van der Waals surface area (Å²) in [5.74, 6) is 0. The highest BCUT2D eigenvalue weighted by Crippen LogP contribution is 2.06. The minimum atomic E-state index is -0.662. The maximum Gasteiger partial charge on any atom is 0.336 e. The zero-order valence-corrected chi connectivity index (χ0v) is 15.7. The van der Waals surface area contributed by atoms with E-state index in [-0.39, 0.29) is 24.2 Å². The SMILES string of the molecule is C=CCn1c(=O)n(CC=C)c(=O)n(CC=C)c1=O.CCCC(S)S. The first-order valence-electron chi connectivity index (χ1n) is 7.48. The van der Waals surface area contributed by atoms with Gasteiger partial charge in [-0.05, 0) is 6.42 Å². The van der Waals surface area contributed by atoms with Gasteiger partial charge in [-0.15, -0.1) is 19.7 Å². The van der Waals surface area contributed by atoms with Gasteiger partial charge in [-0.3, -0.25) is 0 Å². The third kappa shape index (κ3) is 6.45. The molecule has 0 amide bonds. The van der Waals surface area contributed by atoms with Gasteiger partial charge in [-0.2, -0.15) is 25.3 Å². The van der Waals surface area contributed by atoms with E-state index >= 15 is 0 Å². The molecule has 1 aromatic heterocycles. The van der Waals surface area contributed by atoms with E-state index in [0.717, 1.165) is 20.1 Å². The topological polar surface area (TPSA) is 66.0 Å². The third-order valence-corrected chi connectivity index (χ3v) is 3.38. The molecule has 24 heavy (non-hydrogen) atoms. The van der Waals surface area contributed by atoms with E-state index in [9.17, 15) is 14.4 Å². The van der Waals surface area contributed by atoms with Gasteiger partial charge in [0.05, 0.1) is 19.6 Å². The van der Waals surface area contributed by atoms with Crippen LogP contribution in [0.4, 0.5) is 0 Å². The summed E-state index contributed by atoms with van der Waals surface area (Å²) in [6, 6.07) is 0. The standard InChI is InChI=1S/C12H15N3O3.C4H10S2/c1-4-7-13-10(16)14(8-5-2)12(18)15(9-6-3)11(13)17;1-2-3-4(5)6/h4-6H,1-3,7-9H2;4-6H,2-3H2,1H3. The summed E-state index contributed by atoms with van der Waals surface area (Å²) in [5, 5.41) is 0. The van der Waals surface area contributed by atoms with Crippen LogP contribution in [0, 0.1) is 0 Å². The maximum atomic E-state index is 11.9. The van der Waals surface area contributed by atoms with Crippen molar-refractivity contribution in [2.24, 2.45) is 0 Å². The number of aromatic nitrogens is 3. The summed E-state index contributed by atoms with van der Waals surface area (Å²) in [5.41, 5.74) is -1.99. The van der Waals surface area contributed by atoms with E-state index in [1.807, 2.05) is 0 Å². The van der Waals surface area contributed by atoms with Crippen LogP contribution in [-0.4, -0.2) is 18.3 Å². The summed E-state index contributed by atoms with van der Waals surface area (Å²) in [6.07, 6.45) is 6.54. The molecular weight excluding hydrogens is 346 g/mol. The molecule has 0 saturated carbocycles. The smallest absolute Gasteiger partial charge is 0.247 e. The van der Waals surface area contributed by atoms with Crippen molar-refractivity contribution >= 4 is 25.3 Å². The Balaban J connectivity index is 0.000000754. The Labute approximate surface area is 152 Å². The molecule has 0 radical (unpaired) electrons. The lowest BCUT2D eigenvalue weighted by Crippen LogP contribution is -2.54. The number of hydrogen-bond acceptors (Lipinski definition) is 5.